The number of carboxylic acids is 1. The number of carboxylic acid groups (broad SMARTS) is 1. The largest absolute Gasteiger partial charge is 0.573 e. The predicted octanol–water partition coefficient (Wildman–Crippen LogP) is 1.35. The maximum Gasteiger partial charge on any atom is 0.573 e. The van der Waals surface area contributed by atoms with E-state index < -0.39 is 12.3 Å². The van der Waals surface area contributed by atoms with Gasteiger partial charge in [0.05, 0.1) is 5.97 Å². The fraction of sp³-hybridized carbons (Fsp3) is 0.100. The SMILES string of the molecule is O=C([O-])/C=C\c1ccc(OC(F)(F)F)cc1. The number of carbonyl (C=O) groups excluding carboxylic acids is 1. The number of halogens is 3. The van der Waals surface area contributed by atoms with Gasteiger partial charge in [0.25, 0.3) is 0 Å². The zero-order valence-corrected chi connectivity index (χ0v) is 7.82. The molecule has 0 aliphatic rings. The zero-order chi connectivity index (χ0) is 12.2. The van der Waals surface area contributed by atoms with Gasteiger partial charge >= 0.3 is 6.36 Å². The Labute approximate surface area is 88.8 Å². The standard InChI is InChI=1S/C10H7F3O3/c11-10(12,13)16-8-4-1-7(2-5-8)3-6-9(14)15/h1-6H,(H,14,15)/p-1/b6-3-. The van der Waals surface area contributed by atoms with E-state index >= 15 is 0 Å². The van der Waals surface area contributed by atoms with Crippen molar-refractivity contribution in [3.8, 4) is 5.75 Å². The summed E-state index contributed by atoms with van der Waals surface area (Å²) in [5.74, 6) is -1.74. The van der Waals surface area contributed by atoms with Crippen molar-refractivity contribution in [2.75, 3.05) is 0 Å². The smallest absolute Gasteiger partial charge is 0.545 e. The first-order valence-corrected chi connectivity index (χ1v) is 4.12. The number of hydrogen-bond donors (Lipinski definition) is 0. The first-order chi connectivity index (χ1) is 7.37. The number of carbonyl (C=O) groups is 1. The highest BCUT2D eigenvalue weighted by atomic mass is 19.4. The molecule has 0 saturated carbocycles. The Morgan fingerprint density at radius 3 is 2.25 bits per heavy atom. The van der Waals surface area contributed by atoms with Crippen molar-refractivity contribution in [3.05, 3.63) is 35.9 Å². The van der Waals surface area contributed by atoms with Crippen LogP contribution in [0, 0.1) is 0 Å². The molecule has 0 fully saturated rings. The van der Waals surface area contributed by atoms with Crippen LogP contribution in [0.15, 0.2) is 30.3 Å². The number of rotatable bonds is 3. The fourth-order valence-electron chi connectivity index (χ4n) is 0.945. The Hall–Kier alpha value is -1.98. The van der Waals surface area contributed by atoms with Crippen LogP contribution in [0.3, 0.4) is 0 Å². The second kappa shape index (κ2) is 4.69. The first-order valence-electron chi connectivity index (χ1n) is 4.12. The molecule has 86 valence electrons. The van der Waals surface area contributed by atoms with E-state index in [0.29, 0.717) is 5.56 Å². The minimum Gasteiger partial charge on any atom is -0.545 e. The molecule has 0 heterocycles. The van der Waals surface area contributed by atoms with Gasteiger partial charge in [-0.2, -0.15) is 0 Å². The van der Waals surface area contributed by atoms with Gasteiger partial charge < -0.3 is 14.6 Å². The van der Waals surface area contributed by atoms with Gasteiger partial charge in [0.15, 0.2) is 0 Å². The van der Waals surface area contributed by atoms with E-state index in [1.165, 1.54) is 18.2 Å². The minimum absolute atomic E-state index is 0.363. The molecule has 1 aromatic carbocycles. The molecule has 0 N–H and O–H groups in total. The van der Waals surface area contributed by atoms with Gasteiger partial charge in [0.2, 0.25) is 0 Å². The molecular weight excluding hydrogens is 225 g/mol. The molecule has 0 aliphatic carbocycles. The second-order valence-electron chi connectivity index (χ2n) is 2.77. The van der Waals surface area contributed by atoms with Crippen LogP contribution >= 0.6 is 0 Å². The summed E-state index contributed by atoms with van der Waals surface area (Å²) in [4.78, 5) is 10.1. The summed E-state index contributed by atoms with van der Waals surface area (Å²) < 4.78 is 39.0. The zero-order valence-electron chi connectivity index (χ0n) is 7.82. The fourth-order valence-corrected chi connectivity index (χ4v) is 0.945. The molecule has 0 bridgehead atoms. The van der Waals surface area contributed by atoms with Gasteiger partial charge in [0.1, 0.15) is 5.75 Å². The topological polar surface area (TPSA) is 49.4 Å². The van der Waals surface area contributed by atoms with Crippen LogP contribution in [0.4, 0.5) is 13.2 Å². The van der Waals surface area contributed by atoms with E-state index in [4.69, 9.17) is 0 Å². The lowest BCUT2D eigenvalue weighted by Crippen LogP contribution is -2.18. The quantitative estimate of drug-likeness (QED) is 0.738. The molecule has 0 amide bonds. The summed E-state index contributed by atoms with van der Waals surface area (Å²) in [6.07, 6.45) is -2.76. The molecule has 0 radical (unpaired) electrons. The average Bonchev–Trinajstić information content (AvgIpc) is 2.14. The maximum atomic E-state index is 11.8. The highest BCUT2D eigenvalue weighted by Gasteiger charge is 2.30. The van der Waals surface area contributed by atoms with Gasteiger partial charge in [-0.25, -0.2) is 0 Å². The number of aliphatic carboxylic acids is 1. The van der Waals surface area contributed by atoms with E-state index in [2.05, 4.69) is 4.74 Å². The van der Waals surface area contributed by atoms with Gasteiger partial charge in [-0.1, -0.05) is 18.2 Å². The van der Waals surface area contributed by atoms with E-state index in [-0.39, 0.29) is 5.75 Å². The summed E-state index contributed by atoms with van der Waals surface area (Å²) in [6.45, 7) is 0. The highest BCUT2D eigenvalue weighted by molar-refractivity contribution is 5.83. The Morgan fingerprint density at radius 2 is 1.81 bits per heavy atom. The second-order valence-corrected chi connectivity index (χ2v) is 2.77. The van der Waals surface area contributed by atoms with Gasteiger partial charge in [0, 0.05) is 0 Å². The van der Waals surface area contributed by atoms with Gasteiger partial charge in [-0.15, -0.1) is 13.2 Å². The molecule has 16 heavy (non-hydrogen) atoms. The average molecular weight is 231 g/mol. The predicted molar refractivity (Wildman–Crippen MR) is 47.2 cm³/mol. The Balaban J connectivity index is 2.72. The van der Waals surface area contributed by atoms with Crippen LogP contribution in [-0.2, 0) is 4.79 Å². The van der Waals surface area contributed by atoms with Crippen LogP contribution < -0.4 is 9.84 Å². The highest BCUT2D eigenvalue weighted by Crippen LogP contribution is 2.22. The molecular formula is C10H6F3O3-. The Kier molecular flexibility index (Phi) is 3.55. The molecule has 0 atom stereocenters. The van der Waals surface area contributed by atoms with Crippen LogP contribution in [0.1, 0.15) is 5.56 Å². The molecule has 6 heteroatoms. The number of hydrogen-bond acceptors (Lipinski definition) is 3. The summed E-state index contributed by atoms with van der Waals surface area (Å²) in [7, 11) is 0. The van der Waals surface area contributed by atoms with Crippen molar-refractivity contribution in [2.45, 2.75) is 6.36 Å². The first kappa shape index (κ1) is 12.1. The lowest BCUT2D eigenvalue weighted by Gasteiger charge is -2.08. The molecule has 0 spiro atoms. The minimum atomic E-state index is -4.73. The summed E-state index contributed by atoms with van der Waals surface area (Å²) >= 11 is 0. The van der Waals surface area contributed by atoms with Crippen LogP contribution in [-0.4, -0.2) is 12.3 Å². The van der Waals surface area contributed by atoms with Gasteiger partial charge in [-0.3, -0.25) is 0 Å². The van der Waals surface area contributed by atoms with Crippen molar-refractivity contribution < 1.29 is 27.8 Å². The monoisotopic (exact) mass is 231 g/mol. The number of benzene rings is 1. The molecule has 3 nitrogen and oxygen atoms in total. The normalized spacial score (nSPS) is 11.7. The van der Waals surface area contributed by atoms with E-state index in [1.54, 1.807) is 0 Å². The van der Waals surface area contributed by atoms with Crippen molar-refractivity contribution in [2.24, 2.45) is 0 Å². The molecule has 0 aliphatic heterocycles. The molecule has 0 saturated heterocycles. The van der Waals surface area contributed by atoms with E-state index in [0.717, 1.165) is 18.2 Å². The Morgan fingerprint density at radius 1 is 1.25 bits per heavy atom. The van der Waals surface area contributed by atoms with E-state index in [9.17, 15) is 23.1 Å². The van der Waals surface area contributed by atoms with Crippen LogP contribution in [0.2, 0.25) is 0 Å². The van der Waals surface area contributed by atoms with Crippen LogP contribution in [0.5, 0.6) is 5.75 Å². The maximum absolute atomic E-state index is 11.8. The van der Waals surface area contributed by atoms with Crippen molar-refractivity contribution in [1.29, 1.82) is 0 Å². The van der Waals surface area contributed by atoms with Crippen LogP contribution in [0.25, 0.3) is 6.08 Å². The van der Waals surface area contributed by atoms with Crippen molar-refractivity contribution in [1.82, 2.24) is 0 Å². The Bertz CT molecular complexity index is 393. The third-order valence-corrected chi connectivity index (χ3v) is 1.53. The van der Waals surface area contributed by atoms with Crippen molar-refractivity contribution in [3.63, 3.8) is 0 Å². The third-order valence-electron chi connectivity index (χ3n) is 1.53. The lowest BCUT2D eigenvalue weighted by atomic mass is 10.2. The molecule has 1 aromatic rings. The summed E-state index contributed by atoms with van der Waals surface area (Å²) in [5.41, 5.74) is 0.429. The third kappa shape index (κ3) is 4.50. The summed E-state index contributed by atoms with van der Waals surface area (Å²) in [6, 6.07) is 4.76. The van der Waals surface area contributed by atoms with Gasteiger partial charge in [-0.05, 0) is 23.8 Å². The summed E-state index contributed by atoms with van der Waals surface area (Å²) in [5, 5.41) is 10.1. The molecule has 1 rings (SSSR count). The molecule has 0 unspecified atom stereocenters. The number of ether oxygens (including phenoxy) is 1. The van der Waals surface area contributed by atoms with E-state index in [1.807, 2.05) is 0 Å². The lowest BCUT2D eigenvalue weighted by molar-refractivity contribution is -0.297. The number of alkyl halides is 3. The van der Waals surface area contributed by atoms with Crippen molar-refractivity contribution >= 4 is 12.0 Å². The molecule has 0 aromatic heterocycles.